The van der Waals surface area contributed by atoms with E-state index in [-0.39, 0.29) is 0 Å². The van der Waals surface area contributed by atoms with Crippen molar-refractivity contribution in [3.63, 3.8) is 0 Å². The van der Waals surface area contributed by atoms with E-state index in [1.807, 2.05) is 47.8 Å². The number of carbonyl (C=O) groups is 2. The summed E-state index contributed by atoms with van der Waals surface area (Å²) < 4.78 is 5.66. The number of halogens is 2. The van der Waals surface area contributed by atoms with Gasteiger partial charge in [-0.05, 0) is 42.1 Å². The predicted octanol–water partition coefficient (Wildman–Crippen LogP) is 4.70. The minimum Gasteiger partial charge on any atom is -0.479 e. The van der Waals surface area contributed by atoms with Gasteiger partial charge in [0.25, 0.3) is 11.8 Å². The highest BCUT2D eigenvalue weighted by Crippen LogP contribution is 2.28. The number of hydrogen-bond acceptors (Lipinski definition) is 5. The number of rotatable bonds is 9. The molecule has 1 aromatic heterocycles. The number of ether oxygens (including phenoxy) is 1. The average Bonchev–Trinajstić information content (AvgIpc) is 3.29. The van der Waals surface area contributed by atoms with E-state index in [4.69, 9.17) is 27.9 Å². The molecule has 0 radical (unpaired) electrons. The van der Waals surface area contributed by atoms with Crippen molar-refractivity contribution in [2.45, 2.75) is 25.5 Å². The van der Waals surface area contributed by atoms with Crippen molar-refractivity contribution in [1.82, 2.24) is 10.7 Å². The van der Waals surface area contributed by atoms with Gasteiger partial charge in [0.15, 0.2) is 6.10 Å². The molecule has 0 aliphatic rings. The van der Waals surface area contributed by atoms with Gasteiger partial charge in [-0.1, -0.05) is 59.6 Å². The van der Waals surface area contributed by atoms with Crippen LogP contribution >= 0.6 is 34.5 Å². The quantitative estimate of drug-likeness (QED) is 0.337. The van der Waals surface area contributed by atoms with Crippen LogP contribution in [0.25, 0.3) is 0 Å². The number of amides is 2. The lowest BCUT2D eigenvalue weighted by Crippen LogP contribution is -2.50. The minimum atomic E-state index is -0.894. The average molecular weight is 490 g/mol. The van der Waals surface area contributed by atoms with E-state index in [1.54, 1.807) is 25.3 Å². The van der Waals surface area contributed by atoms with Gasteiger partial charge in [0, 0.05) is 16.3 Å². The Balaban J connectivity index is 1.67. The van der Waals surface area contributed by atoms with Crippen LogP contribution in [0.1, 0.15) is 17.4 Å². The van der Waals surface area contributed by atoms with Crippen LogP contribution in [0.3, 0.4) is 0 Å². The smallest absolute Gasteiger partial charge is 0.262 e. The first kappa shape index (κ1) is 23.8. The van der Waals surface area contributed by atoms with Crippen LogP contribution in [0.4, 0.5) is 0 Å². The Kier molecular flexibility index (Phi) is 8.67. The molecule has 3 rings (SSSR count). The fourth-order valence-electron chi connectivity index (χ4n) is 2.77. The molecule has 0 saturated heterocycles. The van der Waals surface area contributed by atoms with Gasteiger partial charge < -0.3 is 10.1 Å². The van der Waals surface area contributed by atoms with Crippen molar-refractivity contribution < 1.29 is 14.3 Å². The van der Waals surface area contributed by atoms with Crippen molar-refractivity contribution in [2.75, 3.05) is 0 Å². The fourth-order valence-corrected chi connectivity index (χ4v) is 3.80. The van der Waals surface area contributed by atoms with E-state index in [9.17, 15) is 9.59 Å². The van der Waals surface area contributed by atoms with E-state index in [2.05, 4.69) is 15.8 Å². The number of nitrogens with one attached hydrogen (secondary N) is 2. The summed E-state index contributed by atoms with van der Waals surface area (Å²) in [4.78, 5) is 26.4. The monoisotopic (exact) mass is 489 g/mol. The molecule has 2 aromatic carbocycles. The summed E-state index contributed by atoms with van der Waals surface area (Å²) in [5.41, 5.74) is 3.39. The Bertz CT molecular complexity index is 1080. The van der Waals surface area contributed by atoms with Crippen LogP contribution in [-0.2, 0) is 16.0 Å². The highest BCUT2D eigenvalue weighted by Gasteiger charge is 2.25. The Labute approximate surface area is 200 Å². The van der Waals surface area contributed by atoms with E-state index in [0.29, 0.717) is 22.2 Å². The molecule has 166 valence electrons. The number of hydrogen-bond donors (Lipinski definition) is 2. The Morgan fingerprint density at radius 2 is 1.88 bits per heavy atom. The summed E-state index contributed by atoms with van der Waals surface area (Å²) in [6.45, 7) is 1.58. The van der Waals surface area contributed by atoms with Crippen molar-refractivity contribution >= 4 is 52.6 Å². The molecule has 3 aromatic rings. The van der Waals surface area contributed by atoms with Gasteiger partial charge in [0.2, 0.25) is 0 Å². The summed E-state index contributed by atoms with van der Waals surface area (Å²) in [5, 5.41) is 9.40. The van der Waals surface area contributed by atoms with Gasteiger partial charge in [0.1, 0.15) is 11.8 Å². The molecule has 9 heteroatoms. The molecular weight excluding hydrogens is 469 g/mol. The standard InChI is InChI=1S/C23H21Cl2N3O3S/c1-15(31-21-10-9-17(24)13-19(21)25)22(29)27-20(12-16-6-3-2-4-7-16)23(30)28-26-14-18-8-5-11-32-18/h2-11,13-15,20H,12H2,1H3,(H,27,29)(H,28,30)/b26-14-/t15-,20-/m0/s1. The van der Waals surface area contributed by atoms with Gasteiger partial charge in [-0.2, -0.15) is 5.10 Å². The summed E-state index contributed by atoms with van der Waals surface area (Å²) >= 11 is 13.5. The first-order valence-corrected chi connectivity index (χ1v) is 11.4. The maximum Gasteiger partial charge on any atom is 0.262 e. The summed E-state index contributed by atoms with van der Waals surface area (Å²) in [6.07, 6.45) is 0.953. The molecule has 0 aliphatic heterocycles. The highest BCUT2D eigenvalue weighted by molar-refractivity contribution is 7.11. The Morgan fingerprint density at radius 1 is 1.09 bits per heavy atom. The number of nitrogens with zero attached hydrogens (tertiary/aromatic N) is 1. The predicted molar refractivity (Wildman–Crippen MR) is 129 cm³/mol. The maximum absolute atomic E-state index is 12.8. The zero-order valence-electron chi connectivity index (χ0n) is 17.1. The molecule has 0 fully saturated rings. The van der Waals surface area contributed by atoms with Crippen LogP contribution in [0.5, 0.6) is 5.75 Å². The number of benzene rings is 2. The van der Waals surface area contributed by atoms with E-state index in [0.717, 1.165) is 10.4 Å². The zero-order chi connectivity index (χ0) is 22.9. The molecule has 0 unspecified atom stereocenters. The minimum absolute atomic E-state index is 0.290. The number of thiophene rings is 1. The van der Waals surface area contributed by atoms with Gasteiger partial charge in [-0.3, -0.25) is 9.59 Å². The molecule has 32 heavy (non-hydrogen) atoms. The SMILES string of the molecule is C[C@H](Oc1ccc(Cl)cc1Cl)C(=O)N[C@@H](Cc1ccccc1)C(=O)N/N=C\c1cccs1. The molecule has 2 amide bonds. The van der Waals surface area contributed by atoms with Crippen LogP contribution in [0, 0.1) is 0 Å². The van der Waals surface area contributed by atoms with Crippen LogP contribution < -0.4 is 15.5 Å². The summed E-state index contributed by atoms with van der Waals surface area (Å²) in [5.74, 6) is -0.579. The first-order valence-electron chi connectivity index (χ1n) is 9.75. The van der Waals surface area contributed by atoms with E-state index >= 15 is 0 Å². The zero-order valence-corrected chi connectivity index (χ0v) is 19.5. The molecule has 0 aliphatic carbocycles. The third kappa shape index (κ3) is 7.09. The maximum atomic E-state index is 12.8. The largest absolute Gasteiger partial charge is 0.479 e. The molecule has 0 saturated carbocycles. The lowest BCUT2D eigenvalue weighted by Gasteiger charge is -2.21. The normalized spacial score (nSPS) is 12.8. The second-order valence-electron chi connectivity index (χ2n) is 6.84. The third-order valence-corrected chi connectivity index (χ3v) is 5.73. The second-order valence-corrected chi connectivity index (χ2v) is 8.66. The van der Waals surface area contributed by atoms with E-state index < -0.39 is 24.0 Å². The van der Waals surface area contributed by atoms with Crippen molar-refractivity contribution in [2.24, 2.45) is 5.10 Å². The van der Waals surface area contributed by atoms with Crippen molar-refractivity contribution in [3.8, 4) is 5.75 Å². The second kappa shape index (κ2) is 11.7. The molecule has 0 bridgehead atoms. The molecule has 0 spiro atoms. The van der Waals surface area contributed by atoms with Crippen molar-refractivity contribution in [1.29, 1.82) is 0 Å². The first-order chi connectivity index (χ1) is 15.4. The van der Waals surface area contributed by atoms with Crippen molar-refractivity contribution in [3.05, 3.63) is 86.5 Å². The molecular formula is C23H21Cl2N3O3S. The number of carbonyl (C=O) groups excluding carboxylic acids is 2. The molecule has 6 nitrogen and oxygen atoms in total. The lowest BCUT2D eigenvalue weighted by atomic mass is 10.1. The van der Waals surface area contributed by atoms with Gasteiger partial charge in [-0.15, -0.1) is 11.3 Å². The highest BCUT2D eigenvalue weighted by atomic mass is 35.5. The molecule has 2 atom stereocenters. The third-order valence-electron chi connectivity index (χ3n) is 4.39. The number of hydrazone groups is 1. The Hall–Kier alpha value is -2.87. The van der Waals surface area contributed by atoms with E-state index in [1.165, 1.54) is 17.4 Å². The molecule has 1 heterocycles. The fraction of sp³-hybridized carbons (Fsp3) is 0.174. The van der Waals surface area contributed by atoms with Crippen LogP contribution in [0.15, 0.2) is 71.1 Å². The van der Waals surface area contributed by atoms with Crippen LogP contribution in [0.2, 0.25) is 10.0 Å². The van der Waals surface area contributed by atoms with Gasteiger partial charge in [-0.25, -0.2) is 5.43 Å². The van der Waals surface area contributed by atoms with Crippen LogP contribution in [-0.4, -0.2) is 30.2 Å². The van der Waals surface area contributed by atoms with Gasteiger partial charge in [0.05, 0.1) is 11.2 Å². The Morgan fingerprint density at radius 3 is 2.56 bits per heavy atom. The lowest BCUT2D eigenvalue weighted by molar-refractivity contribution is -0.132. The summed E-state index contributed by atoms with van der Waals surface area (Å²) in [6, 6.07) is 17.0. The van der Waals surface area contributed by atoms with Gasteiger partial charge >= 0.3 is 0 Å². The summed E-state index contributed by atoms with van der Waals surface area (Å²) in [7, 11) is 0. The topological polar surface area (TPSA) is 79.8 Å². The molecule has 2 N–H and O–H groups in total.